The molecule has 2 rings (SSSR count). The quantitative estimate of drug-likeness (QED) is 0.784. The molecule has 0 aliphatic carbocycles. The molecule has 0 aliphatic heterocycles. The number of benzene rings is 1. The number of hydrogen-bond donors (Lipinski definition) is 1. The molecule has 2 aromatic rings. The van der Waals surface area contributed by atoms with Gasteiger partial charge in [-0.05, 0) is 43.5 Å². The van der Waals surface area contributed by atoms with Gasteiger partial charge >= 0.3 is 0 Å². The van der Waals surface area contributed by atoms with Crippen LogP contribution in [-0.2, 0) is 13.0 Å². The van der Waals surface area contributed by atoms with Gasteiger partial charge in [0.15, 0.2) is 0 Å². The van der Waals surface area contributed by atoms with Gasteiger partial charge < -0.3 is 9.88 Å². The molecule has 1 aromatic heterocycles. The highest BCUT2D eigenvalue weighted by Crippen LogP contribution is 2.11. The molecule has 0 bridgehead atoms. The number of imidazole rings is 1. The minimum absolute atomic E-state index is 0.899. The highest BCUT2D eigenvalue weighted by Gasteiger charge is 2.01. The van der Waals surface area contributed by atoms with Crippen LogP contribution >= 0.6 is 0 Å². The summed E-state index contributed by atoms with van der Waals surface area (Å²) in [6.07, 6.45) is 6.27. The number of aromatic nitrogens is 2. The van der Waals surface area contributed by atoms with E-state index in [4.69, 9.17) is 0 Å². The van der Waals surface area contributed by atoms with Crippen molar-refractivity contribution >= 4 is 0 Å². The van der Waals surface area contributed by atoms with Crippen molar-refractivity contribution in [3.05, 3.63) is 53.1 Å². The largest absolute Gasteiger partial charge is 0.333 e. The molecule has 1 N–H and O–H groups in total. The Labute approximate surface area is 122 Å². The van der Waals surface area contributed by atoms with Gasteiger partial charge in [-0.25, -0.2) is 4.98 Å². The predicted octanol–water partition coefficient (Wildman–Crippen LogP) is 3.09. The van der Waals surface area contributed by atoms with E-state index in [0.29, 0.717) is 0 Å². The van der Waals surface area contributed by atoms with Crippen LogP contribution in [-0.4, -0.2) is 22.6 Å². The summed E-state index contributed by atoms with van der Waals surface area (Å²) in [5.41, 5.74) is 5.20. The molecule has 0 saturated carbocycles. The lowest BCUT2D eigenvalue weighted by Gasteiger charge is -2.06. The zero-order chi connectivity index (χ0) is 14.4. The molecule has 0 aliphatic rings. The third-order valence-electron chi connectivity index (χ3n) is 3.61. The number of hydrogen-bond acceptors (Lipinski definition) is 2. The molecule has 20 heavy (non-hydrogen) atoms. The van der Waals surface area contributed by atoms with Crippen molar-refractivity contribution < 1.29 is 0 Å². The van der Waals surface area contributed by atoms with E-state index in [0.717, 1.165) is 31.7 Å². The van der Waals surface area contributed by atoms with Gasteiger partial charge in [0.05, 0.1) is 12.0 Å². The maximum Gasteiger partial charge on any atom is 0.0952 e. The lowest BCUT2D eigenvalue weighted by atomic mass is 10.1. The first-order valence-electron chi connectivity index (χ1n) is 7.46. The Morgan fingerprint density at radius 2 is 2.00 bits per heavy atom. The lowest BCUT2D eigenvalue weighted by Crippen LogP contribution is -2.17. The van der Waals surface area contributed by atoms with E-state index in [-0.39, 0.29) is 0 Å². The molecule has 1 heterocycles. The standard InChI is InChI=1S/C17H25N3/c1-4-8-18-9-7-17-12-20(13-19-17)11-16-6-5-14(2)15(3)10-16/h5-6,10,12-13,18H,4,7-9,11H2,1-3H3. The van der Waals surface area contributed by atoms with Gasteiger partial charge in [-0.3, -0.25) is 0 Å². The van der Waals surface area contributed by atoms with Crippen LogP contribution in [0.2, 0.25) is 0 Å². The van der Waals surface area contributed by atoms with E-state index in [9.17, 15) is 0 Å². The van der Waals surface area contributed by atoms with Crippen molar-refractivity contribution in [2.24, 2.45) is 0 Å². The second-order valence-corrected chi connectivity index (χ2v) is 5.46. The summed E-state index contributed by atoms with van der Waals surface area (Å²) in [5.74, 6) is 0. The number of rotatable bonds is 7. The van der Waals surface area contributed by atoms with Crippen LogP contribution in [0.5, 0.6) is 0 Å². The summed E-state index contributed by atoms with van der Waals surface area (Å²) < 4.78 is 2.17. The molecular formula is C17H25N3. The van der Waals surface area contributed by atoms with E-state index in [2.05, 4.69) is 60.0 Å². The summed E-state index contributed by atoms with van der Waals surface area (Å²) in [4.78, 5) is 4.47. The van der Waals surface area contributed by atoms with E-state index >= 15 is 0 Å². The average Bonchev–Trinajstić information content (AvgIpc) is 2.87. The molecule has 3 heteroatoms. The Morgan fingerprint density at radius 3 is 2.75 bits per heavy atom. The number of nitrogens with one attached hydrogen (secondary N) is 1. The van der Waals surface area contributed by atoms with E-state index < -0.39 is 0 Å². The van der Waals surface area contributed by atoms with Gasteiger partial charge in [0.25, 0.3) is 0 Å². The molecular weight excluding hydrogens is 246 g/mol. The summed E-state index contributed by atoms with van der Waals surface area (Å²) in [6.45, 7) is 9.49. The van der Waals surface area contributed by atoms with Crippen molar-refractivity contribution in [3.8, 4) is 0 Å². The monoisotopic (exact) mass is 271 g/mol. The minimum atomic E-state index is 0.899. The van der Waals surface area contributed by atoms with Crippen LogP contribution in [0.3, 0.4) is 0 Å². The van der Waals surface area contributed by atoms with Gasteiger partial charge in [-0.15, -0.1) is 0 Å². The second-order valence-electron chi connectivity index (χ2n) is 5.46. The SMILES string of the molecule is CCCNCCc1cn(Cc2ccc(C)c(C)c2)cn1. The van der Waals surface area contributed by atoms with E-state index in [1.54, 1.807) is 0 Å². The molecule has 0 saturated heterocycles. The summed E-state index contributed by atoms with van der Waals surface area (Å²) >= 11 is 0. The molecule has 0 spiro atoms. The second kappa shape index (κ2) is 7.25. The Morgan fingerprint density at radius 1 is 1.15 bits per heavy atom. The number of nitrogens with zero attached hydrogens (tertiary/aromatic N) is 2. The van der Waals surface area contributed by atoms with Gasteiger partial charge in [0.2, 0.25) is 0 Å². The van der Waals surface area contributed by atoms with Crippen molar-refractivity contribution in [2.45, 2.75) is 40.2 Å². The highest BCUT2D eigenvalue weighted by molar-refractivity contribution is 5.30. The topological polar surface area (TPSA) is 29.9 Å². The maximum absolute atomic E-state index is 4.47. The zero-order valence-electron chi connectivity index (χ0n) is 12.8. The van der Waals surface area contributed by atoms with Crippen LogP contribution in [0.25, 0.3) is 0 Å². The predicted molar refractivity (Wildman–Crippen MR) is 84.1 cm³/mol. The maximum atomic E-state index is 4.47. The zero-order valence-corrected chi connectivity index (χ0v) is 12.8. The first-order chi connectivity index (χ1) is 9.69. The molecule has 108 valence electrons. The average molecular weight is 271 g/mol. The first kappa shape index (κ1) is 14.8. The third-order valence-corrected chi connectivity index (χ3v) is 3.61. The van der Waals surface area contributed by atoms with Gasteiger partial charge in [0, 0.05) is 25.7 Å². The normalized spacial score (nSPS) is 10.9. The molecule has 3 nitrogen and oxygen atoms in total. The van der Waals surface area contributed by atoms with Crippen LogP contribution in [0, 0.1) is 13.8 Å². The molecule has 0 amide bonds. The fraction of sp³-hybridized carbons (Fsp3) is 0.471. The van der Waals surface area contributed by atoms with E-state index in [1.807, 2.05) is 6.33 Å². The molecule has 0 atom stereocenters. The Bertz CT molecular complexity index is 543. The van der Waals surface area contributed by atoms with Gasteiger partial charge in [-0.1, -0.05) is 25.1 Å². The van der Waals surface area contributed by atoms with Crippen LogP contribution in [0.15, 0.2) is 30.7 Å². The van der Waals surface area contributed by atoms with Crippen LogP contribution in [0.4, 0.5) is 0 Å². The summed E-state index contributed by atoms with van der Waals surface area (Å²) in [6, 6.07) is 6.65. The van der Waals surface area contributed by atoms with Crippen LogP contribution < -0.4 is 5.32 Å². The minimum Gasteiger partial charge on any atom is -0.333 e. The van der Waals surface area contributed by atoms with Crippen molar-refractivity contribution in [2.75, 3.05) is 13.1 Å². The smallest absolute Gasteiger partial charge is 0.0952 e. The molecule has 0 unspecified atom stereocenters. The van der Waals surface area contributed by atoms with Crippen molar-refractivity contribution in [3.63, 3.8) is 0 Å². The third kappa shape index (κ3) is 4.20. The Hall–Kier alpha value is -1.61. The molecule has 1 aromatic carbocycles. The van der Waals surface area contributed by atoms with E-state index in [1.165, 1.54) is 23.1 Å². The van der Waals surface area contributed by atoms with Crippen molar-refractivity contribution in [1.29, 1.82) is 0 Å². The summed E-state index contributed by atoms with van der Waals surface area (Å²) in [7, 11) is 0. The van der Waals surface area contributed by atoms with Crippen LogP contribution in [0.1, 0.15) is 35.7 Å². The van der Waals surface area contributed by atoms with Crippen molar-refractivity contribution in [1.82, 2.24) is 14.9 Å². The number of aryl methyl sites for hydroxylation is 2. The molecule has 0 radical (unpaired) electrons. The van der Waals surface area contributed by atoms with Gasteiger partial charge in [-0.2, -0.15) is 0 Å². The van der Waals surface area contributed by atoms with Gasteiger partial charge in [0.1, 0.15) is 0 Å². The molecule has 0 fully saturated rings. The highest BCUT2D eigenvalue weighted by atomic mass is 15.0. The Kier molecular flexibility index (Phi) is 5.36. The fourth-order valence-electron chi connectivity index (χ4n) is 2.25. The lowest BCUT2D eigenvalue weighted by molar-refractivity contribution is 0.666. The fourth-order valence-corrected chi connectivity index (χ4v) is 2.25. The Balaban J connectivity index is 1.90. The summed E-state index contributed by atoms with van der Waals surface area (Å²) in [5, 5.41) is 3.41. The first-order valence-corrected chi connectivity index (χ1v) is 7.46.